The van der Waals surface area contributed by atoms with E-state index in [1.165, 1.54) is 0 Å². The van der Waals surface area contributed by atoms with Crippen LogP contribution in [0, 0.1) is 0 Å². The molecule has 2 amide bonds. The van der Waals surface area contributed by atoms with E-state index in [0.29, 0.717) is 5.69 Å². The maximum atomic E-state index is 12.0. The van der Waals surface area contributed by atoms with Gasteiger partial charge in [0.1, 0.15) is 5.69 Å². The zero-order valence-electron chi connectivity index (χ0n) is 14.8. The van der Waals surface area contributed by atoms with Crippen molar-refractivity contribution in [2.24, 2.45) is 0 Å². The number of pyridine rings is 1. The molecule has 0 saturated carbocycles. The fraction of sp³-hybridized carbons (Fsp3) is 0.316. The van der Waals surface area contributed by atoms with Gasteiger partial charge in [0, 0.05) is 32.0 Å². The smallest absolute Gasteiger partial charge is 0.270 e. The number of nitrogens with zero attached hydrogens (tertiary/aromatic N) is 2. The summed E-state index contributed by atoms with van der Waals surface area (Å²) in [6.45, 7) is 1.87. The van der Waals surface area contributed by atoms with E-state index >= 15 is 0 Å². The van der Waals surface area contributed by atoms with Crippen LogP contribution in [-0.2, 0) is 11.2 Å². The molecule has 0 aliphatic carbocycles. The number of aromatic nitrogens is 1. The average Bonchev–Trinajstić information content (AvgIpc) is 2.60. The van der Waals surface area contributed by atoms with E-state index in [1.54, 1.807) is 24.4 Å². The molecule has 6 nitrogen and oxygen atoms in total. The monoisotopic (exact) mass is 340 g/mol. The van der Waals surface area contributed by atoms with Crippen LogP contribution in [0.5, 0.6) is 0 Å². The first kappa shape index (κ1) is 18.4. The van der Waals surface area contributed by atoms with Gasteiger partial charge in [0.2, 0.25) is 5.91 Å². The first-order chi connectivity index (χ1) is 12.0. The summed E-state index contributed by atoms with van der Waals surface area (Å²) in [6.07, 6.45) is 2.27. The predicted octanol–water partition coefficient (Wildman–Crippen LogP) is 1.62. The van der Waals surface area contributed by atoms with Crippen molar-refractivity contribution in [1.82, 2.24) is 15.6 Å². The van der Waals surface area contributed by atoms with Crippen molar-refractivity contribution in [1.29, 1.82) is 0 Å². The van der Waals surface area contributed by atoms with Crippen LogP contribution in [0.3, 0.4) is 0 Å². The Balaban J connectivity index is 1.77. The summed E-state index contributed by atoms with van der Waals surface area (Å²) in [4.78, 5) is 29.8. The lowest BCUT2D eigenvalue weighted by Crippen LogP contribution is -2.41. The molecule has 1 aromatic carbocycles. The first-order valence-corrected chi connectivity index (χ1v) is 8.20. The van der Waals surface area contributed by atoms with E-state index in [9.17, 15) is 9.59 Å². The van der Waals surface area contributed by atoms with Crippen LogP contribution in [0.4, 0.5) is 5.69 Å². The molecule has 6 heteroatoms. The minimum Gasteiger partial charge on any atom is -0.378 e. The highest BCUT2D eigenvalue weighted by molar-refractivity contribution is 5.94. The molecule has 0 aliphatic rings. The number of benzene rings is 1. The second-order valence-electron chi connectivity index (χ2n) is 6.13. The molecule has 1 heterocycles. The van der Waals surface area contributed by atoms with E-state index in [4.69, 9.17) is 0 Å². The molecule has 1 atom stereocenters. The molecule has 2 rings (SSSR count). The van der Waals surface area contributed by atoms with Crippen molar-refractivity contribution in [2.75, 3.05) is 25.5 Å². The number of carbonyl (C=O) groups excluding carboxylic acids is 2. The topological polar surface area (TPSA) is 74.3 Å². The Morgan fingerprint density at radius 1 is 1.12 bits per heavy atom. The second kappa shape index (κ2) is 8.82. The quantitative estimate of drug-likeness (QED) is 0.803. The van der Waals surface area contributed by atoms with E-state index < -0.39 is 0 Å². The minimum atomic E-state index is -0.359. The maximum absolute atomic E-state index is 12.0. The summed E-state index contributed by atoms with van der Waals surface area (Å²) in [7, 11) is 3.99. The van der Waals surface area contributed by atoms with Crippen LogP contribution in [0.2, 0.25) is 0 Å². The molecule has 0 radical (unpaired) electrons. The number of nitrogens with one attached hydrogen (secondary N) is 2. The highest BCUT2D eigenvalue weighted by Crippen LogP contribution is 2.13. The molecular weight excluding hydrogens is 316 g/mol. The van der Waals surface area contributed by atoms with Gasteiger partial charge in [-0.05, 0) is 43.2 Å². The molecule has 0 saturated heterocycles. The van der Waals surface area contributed by atoms with Crippen LogP contribution in [0.15, 0.2) is 48.7 Å². The van der Waals surface area contributed by atoms with Gasteiger partial charge in [-0.15, -0.1) is 0 Å². The third-order valence-electron chi connectivity index (χ3n) is 3.71. The normalized spacial score (nSPS) is 11.5. The highest BCUT2D eigenvalue weighted by atomic mass is 16.2. The fourth-order valence-corrected chi connectivity index (χ4v) is 2.41. The third kappa shape index (κ3) is 5.91. The molecule has 0 spiro atoms. The van der Waals surface area contributed by atoms with E-state index in [-0.39, 0.29) is 24.4 Å². The molecule has 0 aliphatic heterocycles. The van der Waals surface area contributed by atoms with Crippen molar-refractivity contribution in [3.63, 3.8) is 0 Å². The molecule has 1 aromatic heterocycles. The summed E-state index contributed by atoms with van der Waals surface area (Å²) in [5, 5.41) is 5.46. The van der Waals surface area contributed by atoms with Gasteiger partial charge in [0.25, 0.3) is 5.91 Å². The van der Waals surface area contributed by atoms with Gasteiger partial charge >= 0.3 is 0 Å². The Kier molecular flexibility index (Phi) is 6.51. The van der Waals surface area contributed by atoms with Crippen LogP contribution in [0.25, 0.3) is 0 Å². The van der Waals surface area contributed by atoms with Gasteiger partial charge < -0.3 is 15.5 Å². The van der Waals surface area contributed by atoms with E-state index in [2.05, 4.69) is 39.9 Å². The van der Waals surface area contributed by atoms with Crippen molar-refractivity contribution < 1.29 is 9.59 Å². The standard InChI is InChI=1S/C19H24N4O2/c1-14(12-15-7-9-16(10-8-15)23(2)3)22-18(24)13-21-19(25)17-6-4-5-11-20-17/h4-11,14H,12-13H2,1-3H3,(H,21,25)(H,22,24)/t14-/m1/s1. The molecule has 132 valence electrons. The molecule has 0 fully saturated rings. The fourth-order valence-electron chi connectivity index (χ4n) is 2.41. The van der Waals surface area contributed by atoms with E-state index in [0.717, 1.165) is 17.7 Å². The second-order valence-corrected chi connectivity index (χ2v) is 6.13. The Hall–Kier alpha value is -2.89. The van der Waals surface area contributed by atoms with Gasteiger partial charge in [-0.1, -0.05) is 18.2 Å². The SMILES string of the molecule is C[C@H](Cc1ccc(N(C)C)cc1)NC(=O)CNC(=O)c1ccccn1. The Bertz CT molecular complexity index is 699. The van der Waals surface area contributed by atoms with Crippen LogP contribution >= 0.6 is 0 Å². The largest absolute Gasteiger partial charge is 0.378 e. The van der Waals surface area contributed by atoms with Gasteiger partial charge in [-0.25, -0.2) is 0 Å². The Morgan fingerprint density at radius 3 is 2.44 bits per heavy atom. The summed E-state index contributed by atoms with van der Waals surface area (Å²) in [5.74, 6) is -0.579. The molecule has 0 bridgehead atoms. The third-order valence-corrected chi connectivity index (χ3v) is 3.71. The lowest BCUT2D eigenvalue weighted by molar-refractivity contribution is -0.120. The maximum Gasteiger partial charge on any atom is 0.270 e. The van der Waals surface area contributed by atoms with Gasteiger partial charge in [0.05, 0.1) is 6.54 Å². The number of carbonyl (C=O) groups is 2. The summed E-state index contributed by atoms with van der Waals surface area (Å²) < 4.78 is 0. The molecule has 0 unspecified atom stereocenters. The van der Waals surface area contributed by atoms with Crippen molar-refractivity contribution in [3.8, 4) is 0 Å². The number of hydrogen-bond donors (Lipinski definition) is 2. The Labute approximate surface area is 148 Å². The number of rotatable bonds is 7. The summed E-state index contributed by atoms with van der Waals surface area (Å²) in [5.41, 5.74) is 2.58. The predicted molar refractivity (Wildman–Crippen MR) is 98.6 cm³/mol. The molecule has 25 heavy (non-hydrogen) atoms. The summed E-state index contributed by atoms with van der Waals surface area (Å²) >= 11 is 0. The van der Waals surface area contributed by atoms with Crippen molar-refractivity contribution in [2.45, 2.75) is 19.4 Å². The molecule has 2 N–H and O–H groups in total. The van der Waals surface area contributed by atoms with E-state index in [1.807, 2.05) is 25.9 Å². The lowest BCUT2D eigenvalue weighted by Gasteiger charge is -2.16. The number of amides is 2. The highest BCUT2D eigenvalue weighted by Gasteiger charge is 2.11. The minimum absolute atomic E-state index is 0.0236. The van der Waals surface area contributed by atoms with Gasteiger partial charge in [-0.3, -0.25) is 14.6 Å². The first-order valence-electron chi connectivity index (χ1n) is 8.20. The number of anilines is 1. The number of hydrogen-bond acceptors (Lipinski definition) is 4. The zero-order valence-corrected chi connectivity index (χ0v) is 14.8. The molecule has 2 aromatic rings. The lowest BCUT2D eigenvalue weighted by atomic mass is 10.1. The van der Waals surface area contributed by atoms with Crippen LogP contribution < -0.4 is 15.5 Å². The van der Waals surface area contributed by atoms with Crippen LogP contribution in [0.1, 0.15) is 23.0 Å². The Morgan fingerprint density at radius 2 is 1.84 bits per heavy atom. The van der Waals surface area contributed by atoms with Crippen LogP contribution in [-0.4, -0.2) is 43.5 Å². The summed E-state index contributed by atoms with van der Waals surface area (Å²) in [6, 6.07) is 13.3. The van der Waals surface area contributed by atoms with Crippen molar-refractivity contribution in [3.05, 3.63) is 59.9 Å². The van der Waals surface area contributed by atoms with Crippen molar-refractivity contribution >= 4 is 17.5 Å². The zero-order chi connectivity index (χ0) is 18.2. The average molecular weight is 340 g/mol. The molecular formula is C19H24N4O2. The van der Waals surface area contributed by atoms with Gasteiger partial charge in [-0.2, -0.15) is 0 Å². The van der Waals surface area contributed by atoms with Gasteiger partial charge in [0.15, 0.2) is 0 Å².